The topological polar surface area (TPSA) is 214 Å². The Morgan fingerprint density at radius 3 is 0.724 bits per heavy atom. The van der Waals surface area contributed by atoms with Crippen molar-refractivity contribution in [2.24, 2.45) is 20.0 Å². The number of aromatic nitrogens is 2. The van der Waals surface area contributed by atoms with Gasteiger partial charge in [0.2, 0.25) is 0 Å². The van der Waals surface area contributed by atoms with Crippen molar-refractivity contribution in [1.82, 2.24) is 9.97 Å². The van der Waals surface area contributed by atoms with Gasteiger partial charge in [-0.25, -0.2) is 9.98 Å². The van der Waals surface area contributed by atoms with Crippen LogP contribution in [0, 0.1) is 0 Å². The predicted octanol–water partition coefficient (Wildman–Crippen LogP) is 19.2. The second kappa shape index (κ2) is 35.4. The Hall–Kier alpha value is -13.4. The molecule has 8 aromatic carbocycles. The molecule has 0 fully saturated rings. The van der Waals surface area contributed by atoms with Gasteiger partial charge in [-0.1, -0.05) is 158 Å². The molecule has 0 saturated heterocycles. The molecule has 0 aliphatic carbocycles. The molecule has 0 radical (unpaired) electrons. The zero-order chi connectivity index (χ0) is 80.3. The molecule has 18 rings (SSSR count). The fourth-order valence-electron chi connectivity index (χ4n) is 15.3. The van der Waals surface area contributed by atoms with Gasteiger partial charge in [-0.2, -0.15) is 0 Å². The van der Waals surface area contributed by atoms with E-state index in [0.29, 0.717) is 0 Å². The van der Waals surface area contributed by atoms with Gasteiger partial charge in [-0.15, -0.1) is 34.2 Å². The van der Waals surface area contributed by atoms with Gasteiger partial charge in [0, 0.05) is 23.3 Å². The summed E-state index contributed by atoms with van der Waals surface area (Å²) in [6.07, 6.45) is 25.3. The molecule has 16 bridgehead atoms. The average Bonchev–Trinajstić information content (AvgIpc) is 1.60. The van der Waals surface area contributed by atoms with E-state index in [4.69, 9.17) is 85.8 Å². The molecule has 20 heteroatoms. The summed E-state index contributed by atoms with van der Waals surface area (Å²) in [5.74, 6) is 5.84. The molecule has 10 aromatic rings. The van der Waals surface area contributed by atoms with Crippen LogP contribution in [0.25, 0.3) is 44.1 Å². The van der Waals surface area contributed by atoms with Crippen molar-refractivity contribution in [3.8, 4) is 46.0 Å². The SMILES string of the molecule is COc1ccc(/C2=C3\C=CC([N-]3)C(c3ccc(OC)cc3)C3=N/C(=C(/c4ccc(OC)cc4)c4ccc([n-]4)/C(c4ccc(OC)cc4)=C4/C=CC2=N4)C=C3)cc1.COc1ccc(/C2=C3\C=CC([N-]3)C(c3ccc(OC)cc3)C3=N/C(=C(/c4ccc(OC)cc4)c4ccc([n-]4)/C(c4ccc(OC)cc4)=C4/C=CC2=N4)C=C3)cc1.[O]=[V+2].[O]=[V+2]. The van der Waals surface area contributed by atoms with Gasteiger partial charge in [0.25, 0.3) is 0 Å². The second-order valence-electron chi connectivity index (χ2n) is 27.2. The number of fused-ring (bicyclic) bond motifs is 12. The minimum absolute atomic E-state index is 0.188. The quantitative estimate of drug-likeness (QED) is 0.0883. The minimum atomic E-state index is -0.244. The maximum atomic E-state index is 8.19. The maximum absolute atomic E-state index is 8.19. The molecule has 4 unspecified atom stereocenters. The van der Waals surface area contributed by atoms with E-state index >= 15 is 0 Å². The van der Waals surface area contributed by atoms with E-state index < -0.39 is 0 Å². The van der Waals surface area contributed by atoms with Crippen LogP contribution in [0.4, 0.5) is 0 Å². The van der Waals surface area contributed by atoms with Crippen molar-refractivity contribution in [3.63, 3.8) is 0 Å². The molecule has 2 aromatic heterocycles. The number of methoxy groups -OCH3 is 8. The molecule has 10 heterocycles. The summed E-state index contributed by atoms with van der Waals surface area (Å²) < 4.78 is 60.6. The normalized spacial score (nSPS) is 21.5. The van der Waals surface area contributed by atoms with Gasteiger partial charge in [-0.05, 0) is 224 Å². The Bertz CT molecular complexity index is 5550. The van der Waals surface area contributed by atoms with Gasteiger partial charge in [0.15, 0.2) is 0 Å². The third kappa shape index (κ3) is 15.9. The molecule has 18 nitrogen and oxygen atoms in total. The number of rotatable bonds is 16. The number of aliphatic imine (C=N–C) groups is 4. The number of allylic oxidation sites excluding steroid dienone is 12. The summed E-state index contributed by atoms with van der Waals surface area (Å²) in [5, 5.41) is 10.9. The van der Waals surface area contributed by atoms with Crippen molar-refractivity contribution in [2.45, 2.75) is 23.9 Å². The van der Waals surface area contributed by atoms with Gasteiger partial charge in [-0.3, -0.25) is 9.98 Å². The molecular formula is C96H76N8O10V2. The van der Waals surface area contributed by atoms with Crippen LogP contribution in [0.1, 0.15) is 79.1 Å². The van der Waals surface area contributed by atoms with E-state index in [1.807, 2.05) is 97.1 Å². The van der Waals surface area contributed by atoms with Crippen LogP contribution in [-0.2, 0) is 42.1 Å². The van der Waals surface area contributed by atoms with E-state index in [2.05, 4.69) is 194 Å². The van der Waals surface area contributed by atoms with Gasteiger partial charge >= 0.3 is 42.1 Å². The van der Waals surface area contributed by atoms with E-state index in [9.17, 15) is 0 Å². The van der Waals surface area contributed by atoms with E-state index in [-0.39, 0.29) is 23.9 Å². The summed E-state index contributed by atoms with van der Waals surface area (Å²) in [7, 11) is 13.4. The van der Waals surface area contributed by atoms with Crippen LogP contribution in [0.3, 0.4) is 0 Å². The molecule has 0 amide bonds. The molecule has 4 atom stereocenters. The van der Waals surface area contributed by atoms with Crippen molar-refractivity contribution < 1.29 is 80.0 Å². The third-order valence-corrected chi connectivity index (χ3v) is 21.0. The summed E-state index contributed by atoms with van der Waals surface area (Å²) in [6, 6.07) is 72.5. The molecular weight excluding hydrogens is 1530 g/mol. The van der Waals surface area contributed by atoms with Crippen LogP contribution in [-0.4, -0.2) is 91.8 Å². The van der Waals surface area contributed by atoms with E-state index in [1.54, 1.807) is 56.9 Å². The van der Waals surface area contributed by atoms with Crippen molar-refractivity contribution in [3.05, 3.63) is 403 Å². The third-order valence-electron chi connectivity index (χ3n) is 21.0. The standard InChI is InChI=1S/2C48H38N4O4.2O.2V/c2*1-53-33-13-5-29(6-14-33)45-37-21-23-39(49-37)46(30-7-15-34(54-2)16-8-30)41-25-27-43(51-41)48(32-11-19-36(56-4)20-12-32)44-28-26-42(52-44)47(40-24-22-38(45)50-40)31-9-17-35(55-3)18-10-31;;;;/h2*5-28,37,45H,1-4H3;;;;/q2*-2;;;2*+2/b2*46-39-,47-40-,48-43-;;;;. The number of benzene rings is 8. The van der Waals surface area contributed by atoms with Crippen LogP contribution < -0.4 is 47.9 Å². The Labute approximate surface area is 691 Å². The van der Waals surface area contributed by atoms with Gasteiger partial charge in [0.05, 0.1) is 91.1 Å². The van der Waals surface area contributed by atoms with Gasteiger partial charge < -0.3 is 58.5 Å². The first-order chi connectivity index (χ1) is 57.1. The summed E-state index contributed by atoms with van der Waals surface area (Å²) >= 11 is 2.12. The zero-order valence-electron chi connectivity index (χ0n) is 64.6. The molecule has 0 spiro atoms. The second-order valence-corrected chi connectivity index (χ2v) is 27.2. The Morgan fingerprint density at radius 2 is 0.474 bits per heavy atom. The van der Waals surface area contributed by atoms with Crippen molar-refractivity contribution >= 4 is 56.3 Å². The Morgan fingerprint density at radius 1 is 0.250 bits per heavy atom. The number of nitrogens with zero attached hydrogens (tertiary/aromatic N) is 8. The molecule has 8 aliphatic heterocycles. The molecule has 0 saturated carbocycles. The fraction of sp³-hybridized carbons (Fsp3) is 0.125. The first kappa shape index (κ1) is 77.9. The molecule has 0 N–H and O–H groups in total. The average molecular weight is 1600 g/mol. The van der Waals surface area contributed by atoms with Crippen LogP contribution in [0.15, 0.2) is 345 Å². The summed E-state index contributed by atoms with van der Waals surface area (Å²) in [5.41, 5.74) is 25.0. The predicted molar refractivity (Wildman–Crippen MR) is 447 cm³/mol. The van der Waals surface area contributed by atoms with E-state index in [0.717, 1.165) is 238 Å². The van der Waals surface area contributed by atoms with Crippen LogP contribution in [0.2, 0.25) is 0 Å². The first-order valence-corrected chi connectivity index (χ1v) is 38.3. The van der Waals surface area contributed by atoms with E-state index in [1.165, 1.54) is 0 Å². The van der Waals surface area contributed by atoms with Crippen LogP contribution in [0.5, 0.6) is 46.0 Å². The van der Waals surface area contributed by atoms with Crippen molar-refractivity contribution in [1.29, 1.82) is 0 Å². The molecule has 8 aliphatic rings. The first-order valence-electron chi connectivity index (χ1n) is 37.2. The summed E-state index contributed by atoms with van der Waals surface area (Å²) in [6.45, 7) is 0. The molecule has 116 heavy (non-hydrogen) atoms. The van der Waals surface area contributed by atoms with Crippen molar-refractivity contribution in [2.75, 3.05) is 56.9 Å². The zero-order valence-corrected chi connectivity index (χ0v) is 67.4. The molecule has 570 valence electrons. The Balaban J connectivity index is 0.000000175. The number of hydrogen-bond donors (Lipinski definition) is 0. The number of hydrogen-bond acceptors (Lipinski definition) is 14. The fourth-order valence-corrected chi connectivity index (χ4v) is 15.3. The summed E-state index contributed by atoms with van der Waals surface area (Å²) in [4.78, 5) is 32.2. The van der Waals surface area contributed by atoms with Crippen LogP contribution >= 0.6 is 0 Å². The monoisotopic (exact) mass is 1600 g/mol. The number of ether oxygens (including phenoxy) is 8. The van der Waals surface area contributed by atoms with Gasteiger partial charge in [0.1, 0.15) is 46.0 Å². The Kier molecular flexibility index (Phi) is 23.8.